The molecule has 126 valence electrons. The van der Waals surface area contributed by atoms with Crippen molar-refractivity contribution in [1.29, 1.82) is 0 Å². The fraction of sp³-hybridized carbons (Fsp3) is 0.227. The summed E-state index contributed by atoms with van der Waals surface area (Å²) in [6, 6.07) is 18.4. The van der Waals surface area contributed by atoms with Crippen molar-refractivity contribution in [2.24, 2.45) is 5.73 Å². The van der Waals surface area contributed by atoms with Crippen molar-refractivity contribution in [2.75, 3.05) is 0 Å². The molecule has 0 bridgehead atoms. The molecule has 4 rings (SSSR count). The van der Waals surface area contributed by atoms with Gasteiger partial charge in [-0.1, -0.05) is 54.6 Å². The van der Waals surface area contributed by atoms with Crippen LogP contribution in [0.1, 0.15) is 36.5 Å². The second-order valence-electron chi connectivity index (χ2n) is 6.73. The lowest BCUT2D eigenvalue weighted by molar-refractivity contribution is -0.115. The van der Waals surface area contributed by atoms with Crippen LogP contribution in [0.3, 0.4) is 0 Å². The smallest absolute Gasteiger partial charge is 0.249 e. The van der Waals surface area contributed by atoms with Crippen LogP contribution in [0, 0.1) is 0 Å². The van der Waals surface area contributed by atoms with Gasteiger partial charge in [-0.25, -0.2) is 0 Å². The van der Waals surface area contributed by atoms with E-state index in [1.54, 1.807) is 0 Å². The van der Waals surface area contributed by atoms with Gasteiger partial charge in [0.05, 0.1) is 11.0 Å². The normalized spacial score (nSPS) is 23.6. The van der Waals surface area contributed by atoms with Crippen molar-refractivity contribution in [3.63, 3.8) is 0 Å². The average molecular weight is 331 g/mol. The van der Waals surface area contributed by atoms with Gasteiger partial charge in [-0.05, 0) is 49.0 Å². The minimum atomic E-state index is -0.569. The number of carbonyl (C=O) groups is 1. The van der Waals surface area contributed by atoms with E-state index in [4.69, 9.17) is 10.5 Å². The molecule has 2 aromatic carbocycles. The van der Waals surface area contributed by atoms with E-state index in [0.29, 0.717) is 11.3 Å². The predicted molar refractivity (Wildman–Crippen MR) is 98.5 cm³/mol. The Balaban J connectivity index is 1.97. The molecule has 1 heterocycles. The van der Waals surface area contributed by atoms with Gasteiger partial charge in [-0.2, -0.15) is 0 Å². The van der Waals surface area contributed by atoms with Gasteiger partial charge in [0.1, 0.15) is 11.5 Å². The third-order valence-electron chi connectivity index (χ3n) is 5.28. The predicted octanol–water partition coefficient (Wildman–Crippen LogP) is 4.09. The molecule has 0 fully saturated rings. The topological polar surface area (TPSA) is 52.3 Å². The molecular formula is C22H21NO2. The highest BCUT2D eigenvalue weighted by molar-refractivity contribution is 5.97. The average Bonchev–Trinajstić information content (AvgIpc) is 2.88. The summed E-state index contributed by atoms with van der Waals surface area (Å²) in [4.78, 5) is 12.4. The van der Waals surface area contributed by atoms with Crippen LogP contribution in [0.4, 0.5) is 0 Å². The first-order chi connectivity index (χ1) is 12.1. The molecular weight excluding hydrogens is 310 g/mol. The van der Waals surface area contributed by atoms with Crippen LogP contribution in [0.15, 0.2) is 71.7 Å². The lowest BCUT2D eigenvalue weighted by Gasteiger charge is -2.36. The van der Waals surface area contributed by atoms with Crippen molar-refractivity contribution in [2.45, 2.75) is 31.6 Å². The number of ether oxygens (including phenoxy) is 1. The minimum Gasteiger partial charge on any atom is -0.465 e. The summed E-state index contributed by atoms with van der Waals surface area (Å²) in [5.74, 6) is 1.02. The number of aryl methyl sites for hydroxylation is 1. The van der Waals surface area contributed by atoms with Gasteiger partial charge < -0.3 is 10.5 Å². The van der Waals surface area contributed by atoms with Gasteiger partial charge in [0.2, 0.25) is 5.91 Å². The van der Waals surface area contributed by atoms with Crippen molar-refractivity contribution in [3.8, 4) is 0 Å². The van der Waals surface area contributed by atoms with Gasteiger partial charge in [0, 0.05) is 0 Å². The summed E-state index contributed by atoms with van der Waals surface area (Å²) in [7, 11) is 0. The Kier molecular flexibility index (Phi) is 3.72. The molecule has 0 aromatic heterocycles. The third kappa shape index (κ3) is 2.39. The summed E-state index contributed by atoms with van der Waals surface area (Å²) < 4.78 is 6.13. The molecule has 2 aromatic rings. The van der Waals surface area contributed by atoms with E-state index in [2.05, 4.69) is 18.2 Å². The molecule has 3 heteroatoms. The van der Waals surface area contributed by atoms with Gasteiger partial charge in [-0.15, -0.1) is 0 Å². The first-order valence-electron chi connectivity index (χ1n) is 8.67. The van der Waals surface area contributed by atoms with E-state index in [-0.39, 0.29) is 0 Å². The van der Waals surface area contributed by atoms with Gasteiger partial charge in [-0.3, -0.25) is 4.79 Å². The van der Waals surface area contributed by atoms with Crippen LogP contribution in [0.25, 0.3) is 6.08 Å². The molecule has 1 atom stereocenters. The van der Waals surface area contributed by atoms with E-state index < -0.39 is 11.3 Å². The Morgan fingerprint density at radius 1 is 1.12 bits per heavy atom. The molecule has 2 N–H and O–H groups in total. The summed E-state index contributed by atoms with van der Waals surface area (Å²) in [6.07, 6.45) is 4.89. The summed E-state index contributed by atoms with van der Waals surface area (Å²) >= 11 is 0. The number of nitrogens with two attached hydrogens (primary N) is 1. The third-order valence-corrected chi connectivity index (χ3v) is 5.28. The number of allylic oxidation sites excluding steroid dienone is 2. The number of rotatable bonds is 2. The highest BCUT2D eigenvalue weighted by Gasteiger charge is 2.51. The van der Waals surface area contributed by atoms with E-state index >= 15 is 0 Å². The Labute approximate surface area is 147 Å². The van der Waals surface area contributed by atoms with Crippen molar-refractivity contribution in [3.05, 3.63) is 88.4 Å². The maximum absolute atomic E-state index is 12.4. The molecule has 1 unspecified atom stereocenters. The van der Waals surface area contributed by atoms with Crippen molar-refractivity contribution >= 4 is 12.0 Å². The number of amides is 1. The zero-order chi connectivity index (χ0) is 17.4. The SMILES string of the molecule is CC1=C(C(N)=O)C2(CCCc3ccccc32)/C(=C/c2ccccc2)O1. The first kappa shape index (κ1) is 15.7. The van der Waals surface area contributed by atoms with Crippen LogP contribution in [0.2, 0.25) is 0 Å². The zero-order valence-electron chi connectivity index (χ0n) is 14.3. The lowest BCUT2D eigenvalue weighted by Crippen LogP contribution is -2.37. The molecule has 1 aliphatic heterocycles. The largest absolute Gasteiger partial charge is 0.465 e. The van der Waals surface area contributed by atoms with E-state index in [9.17, 15) is 4.79 Å². The second kappa shape index (κ2) is 5.92. The molecule has 1 aliphatic carbocycles. The molecule has 1 spiro atoms. The number of benzene rings is 2. The summed E-state index contributed by atoms with van der Waals surface area (Å²) in [5.41, 5.74) is 9.30. The van der Waals surface area contributed by atoms with Gasteiger partial charge in [0.15, 0.2) is 0 Å². The number of carbonyl (C=O) groups excluding carboxylic acids is 1. The molecule has 0 saturated carbocycles. The monoisotopic (exact) mass is 331 g/mol. The molecule has 1 amide bonds. The Morgan fingerprint density at radius 2 is 1.84 bits per heavy atom. The maximum Gasteiger partial charge on any atom is 0.249 e. The maximum atomic E-state index is 12.4. The van der Waals surface area contributed by atoms with Crippen LogP contribution >= 0.6 is 0 Å². The number of hydrogen-bond donors (Lipinski definition) is 1. The van der Waals surface area contributed by atoms with E-state index in [1.807, 2.05) is 49.4 Å². The fourth-order valence-corrected chi connectivity index (χ4v) is 4.31. The van der Waals surface area contributed by atoms with Gasteiger partial charge >= 0.3 is 0 Å². The zero-order valence-corrected chi connectivity index (χ0v) is 14.3. The molecule has 25 heavy (non-hydrogen) atoms. The number of hydrogen-bond acceptors (Lipinski definition) is 2. The van der Waals surface area contributed by atoms with E-state index in [0.717, 1.165) is 36.1 Å². The fourth-order valence-electron chi connectivity index (χ4n) is 4.31. The molecule has 0 radical (unpaired) electrons. The number of primary amides is 1. The Hall–Kier alpha value is -2.81. The Bertz CT molecular complexity index is 895. The number of fused-ring (bicyclic) bond motifs is 2. The van der Waals surface area contributed by atoms with E-state index in [1.165, 1.54) is 5.56 Å². The van der Waals surface area contributed by atoms with Gasteiger partial charge in [0.25, 0.3) is 0 Å². The Morgan fingerprint density at radius 3 is 2.60 bits per heavy atom. The molecule has 0 saturated heterocycles. The molecule has 2 aliphatic rings. The van der Waals surface area contributed by atoms with Crippen LogP contribution in [-0.2, 0) is 21.4 Å². The second-order valence-corrected chi connectivity index (χ2v) is 6.73. The van der Waals surface area contributed by atoms with Crippen LogP contribution < -0.4 is 5.73 Å². The van der Waals surface area contributed by atoms with Crippen LogP contribution in [-0.4, -0.2) is 5.91 Å². The van der Waals surface area contributed by atoms with Crippen molar-refractivity contribution in [1.82, 2.24) is 0 Å². The summed E-state index contributed by atoms with van der Waals surface area (Å²) in [5, 5.41) is 0. The van der Waals surface area contributed by atoms with Crippen LogP contribution in [0.5, 0.6) is 0 Å². The highest BCUT2D eigenvalue weighted by atomic mass is 16.5. The van der Waals surface area contributed by atoms with Crippen molar-refractivity contribution < 1.29 is 9.53 Å². The highest BCUT2D eigenvalue weighted by Crippen LogP contribution is 2.54. The molecule has 3 nitrogen and oxygen atoms in total. The summed E-state index contributed by atoms with van der Waals surface area (Å²) in [6.45, 7) is 1.84. The minimum absolute atomic E-state index is 0.398. The lowest BCUT2D eigenvalue weighted by atomic mass is 9.64. The first-order valence-corrected chi connectivity index (χ1v) is 8.67. The quantitative estimate of drug-likeness (QED) is 0.901. The standard InChI is InChI=1S/C22H21NO2/c1-15-20(21(23)24)22(13-7-11-17-10-5-6-12-18(17)22)19(25-15)14-16-8-3-2-4-9-16/h2-6,8-10,12,14H,7,11,13H2,1H3,(H2,23,24)/b19-14-.